The Morgan fingerprint density at radius 2 is 1.73 bits per heavy atom. The highest BCUT2D eigenvalue weighted by Gasteiger charge is 2.18. The molecule has 3 rings (SSSR count). The number of hydrazine groups is 1. The average Bonchev–Trinajstić information content (AvgIpc) is 2.63. The Hall–Kier alpha value is -2.28. The molecule has 0 atom stereocenters. The van der Waals surface area contributed by atoms with E-state index < -0.39 is 10.0 Å². The largest absolute Gasteiger partial charge is 0.253 e. The molecular formula is C20H23N3O2S. The molecular weight excluding hydrogens is 346 g/mol. The van der Waals surface area contributed by atoms with Gasteiger partial charge in [0.2, 0.25) is 0 Å². The van der Waals surface area contributed by atoms with Crippen molar-refractivity contribution in [1.29, 1.82) is 0 Å². The summed E-state index contributed by atoms with van der Waals surface area (Å²) >= 11 is 0. The van der Waals surface area contributed by atoms with Crippen LogP contribution in [0.15, 0.2) is 70.6 Å². The molecule has 6 heteroatoms. The smallest absolute Gasteiger partial charge is 0.253 e. The van der Waals surface area contributed by atoms with Gasteiger partial charge in [-0.1, -0.05) is 42.0 Å². The number of hydrogen-bond donors (Lipinski definition) is 1. The van der Waals surface area contributed by atoms with Crippen LogP contribution >= 0.6 is 0 Å². The third kappa shape index (κ3) is 4.66. The first kappa shape index (κ1) is 18.5. The monoisotopic (exact) mass is 369 g/mol. The van der Waals surface area contributed by atoms with Gasteiger partial charge in [-0.05, 0) is 50.1 Å². The first-order chi connectivity index (χ1) is 12.4. The van der Waals surface area contributed by atoms with E-state index in [-0.39, 0.29) is 4.90 Å². The fourth-order valence-corrected chi connectivity index (χ4v) is 3.81. The van der Waals surface area contributed by atoms with Gasteiger partial charge in [0.1, 0.15) is 0 Å². The lowest BCUT2D eigenvalue weighted by Crippen LogP contribution is -2.43. The highest BCUT2D eigenvalue weighted by molar-refractivity contribution is 7.89. The second-order valence-corrected chi connectivity index (χ2v) is 8.02. The molecule has 1 aliphatic heterocycles. The quantitative estimate of drug-likeness (QED) is 0.647. The molecule has 0 radical (unpaired) electrons. The number of hydrogen-bond acceptors (Lipinski definition) is 4. The fourth-order valence-electron chi connectivity index (χ4n) is 2.70. The first-order valence-corrected chi connectivity index (χ1v) is 10.1. The minimum atomic E-state index is -3.57. The number of benzene rings is 2. The lowest BCUT2D eigenvalue weighted by Gasteiger charge is -2.23. The van der Waals surface area contributed by atoms with Gasteiger partial charge in [0.15, 0.2) is 0 Å². The van der Waals surface area contributed by atoms with Gasteiger partial charge in [-0.25, -0.2) is 13.4 Å². The van der Waals surface area contributed by atoms with Crippen LogP contribution in [0, 0.1) is 6.92 Å². The van der Waals surface area contributed by atoms with Crippen LogP contribution < -0.4 is 4.83 Å². The number of aryl methyl sites for hydroxylation is 1. The van der Waals surface area contributed by atoms with Gasteiger partial charge < -0.3 is 0 Å². The highest BCUT2D eigenvalue weighted by Crippen LogP contribution is 2.18. The number of rotatable bonds is 5. The summed E-state index contributed by atoms with van der Waals surface area (Å²) in [6.45, 7) is 5.25. The molecule has 26 heavy (non-hydrogen) atoms. The molecule has 136 valence electrons. The lowest BCUT2D eigenvalue weighted by atomic mass is 10.1. The third-order valence-electron chi connectivity index (χ3n) is 4.22. The topological polar surface area (TPSA) is 61.8 Å². The molecule has 2 aromatic carbocycles. The fraction of sp³-hybridized carbons (Fsp3) is 0.250. The molecule has 0 saturated carbocycles. The van der Waals surface area contributed by atoms with Crippen LogP contribution in [0.2, 0.25) is 0 Å². The van der Waals surface area contributed by atoms with Crippen molar-refractivity contribution in [3.63, 3.8) is 0 Å². The number of sulfonamides is 1. The van der Waals surface area contributed by atoms with E-state index >= 15 is 0 Å². The molecule has 0 bridgehead atoms. The summed E-state index contributed by atoms with van der Waals surface area (Å²) in [4.78, 5) is 7.44. The van der Waals surface area contributed by atoms with E-state index in [1.54, 1.807) is 29.3 Å². The summed E-state index contributed by atoms with van der Waals surface area (Å²) < 4.78 is 24.9. The molecule has 5 nitrogen and oxygen atoms in total. The van der Waals surface area contributed by atoms with E-state index in [4.69, 9.17) is 0 Å². The minimum Gasteiger partial charge on any atom is -0.253 e. The summed E-state index contributed by atoms with van der Waals surface area (Å²) in [5, 5.41) is 1.70. The maximum atomic E-state index is 12.5. The van der Waals surface area contributed by atoms with Crippen molar-refractivity contribution < 1.29 is 8.42 Å². The van der Waals surface area contributed by atoms with Gasteiger partial charge in [0.05, 0.1) is 10.6 Å². The Balaban J connectivity index is 1.74. The highest BCUT2D eigenvalue weighted by atomic mass is 32.2. The molecule has 2 aromatic rings. The van der Waals surface area contributed by atoms with Crippen LogP contribution in [-0.2, 0) is 10.0 Å². The Bertz CT molecular complexity index is 915. The molecule has 0 aliphatic carbocycles. The maximum absolute atomic E-state index is 12.5. The van der Waals surface area contributed by atoms with Gasteiger partial charge in [-0.3, -0.25) is 4.99 Å². The van der Waals surface area contributed by atoms with E-state index in [0.717, 1.165) is 23.4 Å². The Morgan fingerprint density at radius 3 is 2.35 bits per heavy atom. The van der Waals surface area contributed by atoms with Gasteiger partial charge in [0, 0.05) is 18.8 Å². The second kappa shape index (κ2) is 7.95. The van der Waals surface area contributed by atoms with Crippen molar-refractivity contribution >= 4 is 21.4 Å². The van der Waals surface area contributed by atoms with Crippen molar-refractivity contribution in [2.75, 3.05) is 13.1 Å². The summed E-state index contributed by atoms with van der Waals surface area (Å²) in [6.07, 6.45) is 4.85. The van der Waals surface area contributed by atoms with Crippen LogP contribution in [0.1, 0.15) is 24.5 Å². The van der Waals surface area contributed by atoms with Crippen LogP contribution in [-0.4, -0.2) is 32.2 Å². The normalized spacial score (nSPS) is 16.0. The van der Waals surface area contributed by atoms with Gasteiger partial charge in [0.25, 0.3) is 10.0 Å². The minimum absolute atomic E-state index is 0.235. The number of aliphatic imine (C=N–C) groups is 1. The van der Waals surface area contributed by atoms with E-state index in [0.29, 0.717) is 13.1 Å². The standard InChI is InChI=1S/C20H23N3O2S/c1-16-6-8-18(9-7-16)17(2)21-19-10-12-20(13-11-19)26(24,25)22-23-14-4-3-5-15-23/h3-4,6-13,22H,5,14-15H2,1-2H3. The molecule has 1 heterocycles. The zero-order valence-electron chi connectivity index (χ0n) is 15.0. The maximum Gasteiger partial charge on any atom is 0.253 e. The SMILES string of the molecule is CC(=Nc1ccc(S(=O)(=O)NN2CC=CCC2)cc1)c1ccc(C)cc1. The molecule has 1 N–H and O–H groups in total. The van der Waals surface area contributed by atoms with Crippen molar-refractivity contribution in [1.82, 2.24) is 9.84 Å². The second-order valence-electron chi connectivity index (χ2n) is 6.36. The van der Waals surface area contributed by atoms with Crippen LogP contribution in [0.3, 0.4) is 0 Å². The van der Waals surface area contributed by atoms with Crippen LogP contribution in [0.5, 0.6) is 0 Å². The summed E-state index contributed by atoms with van der Waals surface area (Å²) in [6, 6.07) is 14.8. The number of nitrogens with zero attached hydrogens (tertiary/aromatic N) is 2. The summed E-state index contributed by atoms with van der Waals surface area (Å²) in [5.41, 5.74) is 3.86. The van der Waals surface area contributed by atoms with Crippen LogP contribution in [0.4, 0.5) is 5.69 Å². The van der Waals surface area contributed by atoms with E-state index in [9.17, 15) is 8.42 Å². The Morgan fingerprint density at radius 1 is 1.04 bits per heavy atom. The summed E-state index contributed by atoms with van der Waals surface area (Å²) in [5.74, 6) is 0. The average molecular weight is 369 g/mol. The molecule has 0 unspecified atom stereocenters. The predicted molar refractivity (Wildman–Crippen MR) is 105 cm³/mol. The molecule has 0 amide bonds. The Kier molecular flexibility index (Phi) is 5.66. The lowest BCUT2D eigenvalue weighted by molar-refractivity contribution is 0.263. The molecule has 1 aliphatic rings. The predicted octanol–water partition coefficient (Wildman–Crippen LogP) is 3.59. The van der Waals surface area contributed by atoms with Crippen molar-refractivity contribution in [2.45, 2.75) is 25.2 Å². The van der Waals surface area contributed by atoms with E-state index in [2.05, 4.69) is 9.82 Å². The van der Waals surface area contributed by atoms with Crippen molar-refractivity contribution in [3.8, 4) is 0 Å². The van der Waals surface area contributed by atoms with E-state index in [1.807, 2.05) is 50.3 Å². The first-order valence-electron chi connectivity index (χ1n) is 8.59. The third-order valence-corrected chi connectivity index (χ3v) is 5.61. The van der Waals surface area contributed by atoms with E-state index in [1.165, 1.54) is 5.56 Å². The zero-order valence-corrected chi connectivity index (χ0v) is 15.8. The van der Waals surface area contributed by atoms with Gasteiger partial charge >= 0.3 is 0 Å². The molecule has 0 saturated heterocycles. The Labute approximate surface area is 155 Å². The number of nitrogens with one attached hydrogen (secondary N) is 1. The van der Waals surface area contributed by atoms with Crippen LogP contribution in [0.25, 0.3) is 0 Å². The molecule has 0 fully saturated rings. The van der Waals surface area contributed by atoms with Gasteiger partial charge in [-0.2, -0.15) is 0 Å². The van der Waals surface area contributed by atoms with Crippen molar-refractivity contribution in [2.24, 2.45) is 4.99 Å². The molecule has 0 aromatic heterocycles. The van der Waals surface area contributed by atoms with Gasteiger partial charge in [-0.15, -0.1) is 4.83 Å². The summed E-state index contributed by atoms with van der Waals surface area (Å²) in [7, 11) is -3.57. The zero-order chi connectivity index (χ0) is 18.6. The molecule has 0 spiro atoms. The van der Waals surface area contributed by atoms with Crippen molar-refractivity contribution in [3.05, 3.63) is 71.8 Å².